The smallest absolute Gasteiger partial charge is 0.247 e. The van der Waals surface area contributed by atoms with Crippen LogP contribution >= 0.6 is 0 Å². The fourth-order valence-corrected chi connectivity index (χ4v) is 2.84. The molecule has 0 fully saturated rings. The van der Waals surface area contributed by atoms with Crippen molar-refractivity contribution in [1.82, 2.24) is 0 Å². The van der Waals surface area contributed by atoms with Gasteiger partial charge in [0.25, 0.3) is 0 Å². The first-order valence-electron chi connectivity index (χ1n) is 8.77. The van der Waals surface area contributed by atoms with Crippen molar-refractivity contribution in [2.24, 2.45) is 4.99 Å². The van der Waals surface area contributed by atoms with Crippen LogP contribution in [0.15, 0.2) is 48.0 Å². The zero-order chi connectivity index (χ0) is 20.8. The molecule has 0 unspecified atom stereocenters. The Hall–Kier alpha value is -3.70. The molecule has 2 aromatic rings. The topological polar surface area (TPSA) is 87.0 Å². The highest BCUT2D eigenvalue weighted by Gasteiger charge is 2.21. The van der Waals surface area contributed by atoms with Gasteiger partial charge < -0.3 is 19.7 Å². The summed E-state index contributed by atoms with van der Waals surface area (Å²) >= 11 is 0. The molecule has 8 heteroatoms. The summed E-state index contributed by atoms with van der Waals surface area (Å²) in [6.45, 7) is 4.41. The lowest BCUT2D eigenvalue weighted by Gasteiger charge is -2.29. The Kier molecular flexibility index (Phi) is 6.22. The van der Waals surface area contributed by atoms with Crippen LogP contribution in [0.1, 0.15) is 11.1 Å². The molecule has 0 spiro atoms. The van der Waals surface area contributed by atoms with Crippen LogP contribution in [0.4, 0.5) is 21.5 Å². The van der Waals surface area contributed by atoms with E-state index in [1.165, 1.54) is 18.2 Å². The van der Waals surface area contributed by atoms with Gasteiger partial charge in [-0.25, -0.2) is 4.39 Å². The monoisotopic (exact) mass is 394 g/mol. The zero-order valence-corrected chi connectivity index (χ0v) is 15.8. The van der Waals surface area contributed by atoms with Crippen molar-refractivity contribution in [1.29, 1.82) is 5.26 Å². The van der Waals surface area contributed by atoms with Crippen LogP contribution in [0.2, 0.25) is 0 Å². The average molecular weight is 394 g/mol. The maximum atomic E-state index is 13.7. The Morgan fingerprint density at radius 3 is 2.97 bits per heavy atom. The van der Waals surface area contributed by atoms with Gasteiger partial charge in [-0.15, -0.1) is 0 Å². The predicted octanol–water partition coefficient (Wildman–Crippen LogP) is 3.38. The molecule has 0 aliphatic carbocycles. The lowest BCUT2D eigenvalue weighted by Crippen LogP contribution is -2.23. The summed E-state index contributed by atoms with van der Waals surface area (Å²) in [5, 5.41) is 11.8. The van der Waals surface area contributed by atoms with Crippen molar-refractivity contribution in [2.45, 2.75) is 0 Å². The molecule has 1 heterocycles. The zero-order valence-electron chi connectivity index (χ0n) is 15.8. The number of nitriles is 1. The van der Waals surface area contributed by atoms with Gasteiger partial charge in [0, 0.05) is 30.6 Å². The van der Waals surface area contributed by atoms with Gasteiger partial charge in [0.1, 0.15) is 30.9 Å². The molecular weight excluding hydrogens is 375 g/mol. The lowest BCUT2D eigenvalue weighted by atomic mass is 10.1. The number of fused-ring (bicyclic) bond motifs is 1. The van der Waals surface area contributed by atoms with Crippen LogP contribution in [-0.4, -0.2) is 39.1 Å². The average Bonchev–Trinajstić information content (AvgIpc) is 2.74. The number of methoxy groups -OCH3 is 1. The minimum atomic E-state index is -0.581. The number of rotatable bonds is 7. The number of nitrogens with one attached hydrogen (secondary N) is 1. The van der Waals surface area contributed by atoms with Crippen LogP contribution in [0.5, 0.6) is 5.75 Å². The number of nitrogens with zero attached hydrogens (tertiary/aromatic N) is 3. The first-order chi connectivity index (χ1) is 14.1. The summed E-state index contributed by atoms with van der Waals surface area (Å²) in [6, 6.07) is 9.66. The summed E-state index contributed by atoms with van der Waals surface area (Å²) in [7, 11) is 1.57. The second kappa shape index (κ2) is 8.99. The van der Waals surface area contributed by atoms with E-state index in [2.05, 4.69) is 16.9 Å². The van der Waals surface area contributed by atoms with E-state index in [1.807, 2.05) is 11.0 Å². The summed E-state index contributed by atoms with van der Waals surface area (Å²) in [6.07, 6.45) is 2.85. The Labute approximate surface area is 167 Å². The largest absolute Gasteiger partial charge is 0.489 e. The fraction of sp³-hybridized carbons (Fsp3) is 0.190. The standard InChI is InChI=1S/C21H19FN4O3/c1-3-21(27)25-18-9-15-12-24-13-26(16-4-5-17(22)14(8-16)11-23)19(15)10-20(18)29-7-6-28-2/h3-5,8-10,12H,1,6-7,13H2,2H3,(H,25,27). The summed E-state index contributed by atoms with van der Waals surface area (Å²) < 4.78 is 24.5. The third kappa shape index (κ3) is 4.42. The van der Waals surface area contributed by atoms with E-state index in [9.17, 15) is 9.18 Å². The molecule has 0 bridgehead atoms. The van der Waals surface area contributed by atoms with Crippen LogP contribution in [0.25, 0.3) is 0 Å². The SMILES string of the molecule is C=CC(=O)Nc1cc2c(cc1OCCOC)N(c1ccc(F)c(C#N)c1)CN=C2. The summed E-state index contributed by atoms with van der Waals surface area (Å²) in [4.78, 5) is 18.0. The highest BCUT2D eigenvalue weighted by atomic mass is 19.1. The van der Waals surface area contributed by atoms with Crippen molar-refractivity contribution >= 4 is 29.2 Å². The predicted molar refractivity (Wildman–Crippen MR) is 108 cm³/mol. The number of anilines is 3. The third-order valence-electron chi connectivity index (χ3n) is 4.24. The minimum absolute atomic E-state index is 0.0509. The van der Waals surface area contributed by atoms with Crippen molar-refractivity contribution in [2.75, 3.05) is 37.2 Å². The van der Waals surface area contributed by atoms with E-state index in [-0.39, 0.29) is 18.1 Å². The van der Waals surface area contributed by atoms with Crippen molar-refractivity contribution in [3.05, 3.63) is 59.9 Å². The Balaban J connectivity index is 2.04. The number of hydrogen-bond donors (Lipinski definition) is 1. The second-order valence-electron chi connectivity index (χ2n) is 6.10. The molecule has 7 nitrogen and oxygen atoms in total. The molecule has 29 heavy (non-hydrogen) atoms. The van der Waals surface area contributed by atoms with Crippen molar-refractivity contribution in [3.8, 4) is 11.8 Å². The van der Waals surface area contributed by atoms with Crippen molar-refractivity contribution < 1.29 is 18.7 Å². The molecule has 1 aliphatic rings. The number of aliphatic imine (C=N–C) groups is 1. The van der Waals surface area contributed by atoms with Crippen LogP contribution in [-0.2, 0) is 9.53 Å². The molecular formula is C21H19FN4O3. The quantitative estimate of drug-likeness (QED) is 0.575. The minimum Gasteiger partial charge on any atom is -0.489 e. The van der Waals surface area contributed by atoms with Gasteiger partial charge >= 0.3 is 0 Å². The van der Waals surface area contributed by atoms with Gasteiger partial charge in [0.05, 0.1) is 23.5 Å². The van der Waals surface area contributed by atoms with E-state index in [4.69, 9.17) is 14.7 Å². The molecule has 0 aromatic heterocycles. The molecule has 1 N–H and O–H groups in total. The van der Waals surface area contributed by atoms with Crippen molar-refractivity contribution in [3.63, 3.8) is 0 Å². The molecule has 3 rings (SSSR count). The Bertz CT molecular complexity index is 1010. The van der Waals surface area contributed by atoms with Gasteiger partial charge in [-0.1, -0.05) is 6.58 Å². The molecule has 0 saturated carbocycles. The maximum Gasteiger partial charge on any atom is 0.247 e. The first kappa shape index (κ1) is 20.0. The Morgan fingerprint density at radius 1 is 1.41 bits per heavy atom. The number of hydrogen-bond acceptors (Lipinski definition) is 6. The number of benzene rings is 2. The molecule has 1 aliphatic heterocycles. The van der Waals surface area contributed by atoms with E-state index in [0.717, 1.165) is 11.3 Å². The Morgan fingerprint density at radius 2 is 2.24 bits per heavy atom. The van der Waals surface area contributed by atoms with E-state index in [1.54, 1.807) is 31.5 Å². The summed E-state index contributed by atoms with van der Waals surface area (Å²) in [5.74, 6) is -0.509. The molecule has 2 aromatic carbocycles. The van der Waals surface area contributed by atoms with E-state index in [0.29, 0.717) is 30.4 Å². The fourth-order valence-electron chi connectivity index (χ4n) is 2.84. The number of carbonyl (C=O) groups excluding carboxylic acids is 1. The van der Waals surface area contributed by atoms with Gasteiger partial charge in [0.15, 0.2) is 0 Å². The second-order valence-corrected chi connectivity index (χ2v) is 6.10. The maximum absolute atomic E-state index is 13.7. The lowest BCUT2D eigenvalue weighted by molar-refractivity contribution is -0.111. The molecule has 0 radical (unpaired) electrons. The van der Waals surface area contributed by atoms with Gasteiger partial charge in [0.2, 0.25) is 5.91 Å². The van der Waals surface area contributed by atoms with Crippen LogP contribution < -0.4 is 15.0 Å². The molecule has 0 saturated heterocycles. The van der Waals surface area contributed by atoms with Crippen LogP contribution in [0.3, 0.4) is 0 Å². The molecule has 148 valence electrons. The number of ether oxygens (including phenoxy) is 2. The molecule has 1 amide bonds. The number of amides is 1. The first-order valence-corrected chi connectivity index (χ1v) is 8.77. The van der Waals surface area contributed by atoms with E-state index < -0.39 is 5.82 Å². The van der Waals surface area contributed by atoms with E-state index >= 15 is 0 Å². The molecule has 0 atom stereocenters. The van der Waals surface area contributed by atoms with Crippen LogP contribution in [0, 0.1) is 17.1 Å². The number of halogens is 1. The van der Waals surface area contributed by atoms with Gasteiger partial charge in [-0.3, -0.25) is 9.79 Å². The summed E-state index contributed by atoms with van der Waals surface area (Å²) in [5.41, 5.74) is 2.52. The number of carbonyl (C=O) groups is 1. The van der Waals surface area contributed by atoms with Gasteiger partial charge in [-0.2, -0.15) is 5.26 Å². The van der Waals surface area contributed by atoms with Gasteiger partial charge in [-0.05, 0) is 30.3 Å². The highest BCUT2D eigenvalue weighted by molar-refractivity contribution is 6.02. The normalized spacial score (nSPS) is 12.1. The third-order valence-corrected chi connectivity index (χ3v) is 4.24. The highest BCUT2D eigenvalue weighted by Crippen LogP contribution is 2.38.